The third kappa shape index (κ3) is 2.68. The van der Waals surface area contributed by atoms with Gasteiger partial charge in [-0.05, 0) is 11.7 Å². The van der Waals surface area contributed by atoms with Crippen molar-refractivity contribution in [3.63, 3.8) is 0 Å². The molecule has 132 valence electrons. The standard InChI is InChI=1S/C14H21N5O4S/c1-7(2)4-24-14-12(15)16-5-17-13(14)19(6-18-14)11-10(22)9(21)8(3-20)23-11/h5-11,15,20-22H,3-4H2,1-2H3/t8-,9-,10-,11-,14?/m1/s1. The second-order valence-corrected chi connectivity index (χ2v) is 7.49. The van der Waals surface area contributed by atoms with E-state index in [9.17, 15) is 15.3 Å². The topological polar surface area (TPSA) is 134 Å². The highest BCUT2D eigenvalue weighted by atomic mass is 32.2. The first-order valence-corrected chi connectivity index (χ1v) is 8.69. The molecular weight excluding hydrogens is 334 g/mol. The maximum absolute atomic E-state index is 10.2. The summed E-state index contributed by atoms with van der Waals surface area (Å²) in [7, 11) is 0. The van der Waals surface area contributed by atoms with Gasteiger partial charge in [-0.15, -0.1) is 11.8 Å². The van der Waals surface area contributed by atoms with Gasteiger partial charge in [-0.1, -0.05) is 13.8 Å². The van der Waals surface area contributed by atoms with Crippen LogP contribution in [0.2, 0.25) is 0 Å². The Bertz CT molecular complexity index is 610. The van der Waals surface area contributed by atoms with E-state index < -0.39 is 36.0 Å². The summed E-state index contributed by atoms with van der Waals surface area (Å²) < 4.78 is 5.55. The van der Waals surface area contributed by atoms with E-state index in [2.05, 4.69) is 28.8 Å². The van der Waals surface area contributed by atoms with Gasteiger partial charge < -0.3 is 20.1 Å². The number of nitrogens with zero attached hydrogens (tertiary/aromatic N) is 4. The molecule has 0 amide bonds. The van der Waals surface area contributed by atoms with Crippen LogP contribution in [0.5, 0.6) is 0 Å². The highest BCUT2D eigenvalue weighted by molar-refractivity contribution is 8.02. The zero-order chi connectivity index (χ0) is 17.5. The number of rotatable bonds is 5. The molecule has 0 spiro atoms. The van der Waals surface area contributed by atoms with Gasteiger partial charge in [-0.2, -0.15) is 0 Å². The van der Waals surface area contributed by atoms with Crippen molar-refractivity contribution >= 4 is 36.1 Å². The predicted molar refractivity (Wildman–Crippen MR) is 91.8 cm³/mol. The number of aliphatic imine (C=N–C) groups is 3. The van der Waals surface area contributed by atoms with Crippen LogP contribution in [-0.2, 0) is 4.74 Å². The zero-order valence-corrected chi connectivity index (χ0v) is 14.2. The van der Waals surface area contributed by atoms with Crippen molar-refractivity contribution in [2.45, 2.75) is 43.3 Å². The van der Waals surface area contributed by atoms with Crippen molar-refractivity contribution in [2.75, 3.05) is 12.4 Å². The van der Waals surface area contributed by atoms with E-state index in [0.717, 1.165) is 5.75 Å². The molecule has 3 heterocycles. The lowest BCUT2D eigenvalue weighted by atomic mass is 10.1. The van der Waals surface area contributed by atoms with Crippen LogP contribution in [0.4, 0.5) is 0 Å². The molecule has 0 bridgehead atoms. The van der Waals surface area contributed by atoms with Crippen molar-refractivity contribution in [1.82, 2.24) is 4.90 Å². The van der Waals surface area contributed by atoms with Crippen LogP contribution in [0.3, 0.4) is 0 Å². The van der Waals surface area contributed by atoms with E-state index in [1.807, 2.05) is 0 Å². The lowest BCUT2D eigenvalue weighted by molar-refractivity contribution is -0.0509. The maximum Gasteiger partial charge on any atom is 0.224 e. The Hall–Kier alpha value is -1.33. The van der Waals surface area contributed by atoms with Gasteiger partial charge in [0.15, 0.2) is 17.9 Å². The molecule has 1 saturated heterocycles. The second-order valence-electron chi connectivity index (χ2n) is 6.28. The summed E-state index contributed by atoms with van der Waals surface area (Å²) >= 11 is 1.45. The van der Waals surface area contributed by atoms with E-state index in [0.29, 0.717) is 11.8 Å². The van der Waals surface area contributed by atoms with Crippen LogP contribution in [0, 0.1) is 11.3 Å². The van der Waals surface area contributed by atoms with Crippen molar-refractivity contribution in [3.05, 3.63) is 0 Å². The third-order valence-electron chi connectivity index (χ3n) is 4.02. The van der Waals surface area contributed by atoms with Crippen LogP contribution >= 0.6 is 11.8 Å². The summed E-state index contributed by atoms with van der Waals surface area (Å²) in [6.45, 7) is 3.73. The molecule has 0 aromatic carbocycles. The first-order valence-electron chi connectivity index (χ1n) is 7.70. The van der Waals surface area contributed by atoms with Gasteiger partial charge in [0, 0.05) is 0 Å². The highest BCUT2D eigenvalue weighted by Crippen LogP contribution is 2.39. The van der Waals surface area contributed by atoms with E-state index in [4.69, 9.17) is 10.1 Å². The molecule has 4 N–H and O–H groups in total. The molecule has 0 radical (unpaired) electrons. The summed E-state index contributed by atoms with van der Waals surface area (Å²) in [6.07, 6.45) is -1.52. The Morgan fingerprint density at radius 1 is 1.42 bits per heavy atom. The average Bonchev–Trinajstić information content (AvgIpc) is 3.06. The lowest BCUT2D eigenvalue weighted by Crippen LogP contribution is -2.52. The Kier molecular flexibility index (Phi) is 4.76. The number of aliphatic hydroxyl groups excluding tert-OH is 3. The molecule has 1 fully saturated rings. The molecule has 3 aliphatic rings. The number of nitrogens with one attached hydrogen (secondary N) is 1. The summed E-state index contributed by atoms with van der Waals surface area (Å²) in [4.78, 5) is 13.1. The molecule has 0 aromatic rings. The summed E-state index contributed by atoms with van der Waals surface area (Å²) in [5, 5.41) is 37.6. The van der Waals surface area contributed by atoms with Gasteiger partial charge in [-0.3, -0.25) is 10.3 Å². The molecule has 9 nitrogen and oxygen atoms in total. The SMILES string of the molecule is CC(C)CSC12N=CN([C@@H]3O[C@H](CO)[C@@H](O)[C@H]3O)C1=NC=NC2=N. The minimum Gasteiger partial charge on any atom is -0.394 e. The summed E-state index contributed by atoms with van der Waals surface area (Å²) in [5.74, 6) is 1.62. The molecule has 0 saturated carbocycles. The molecule has 1 unspecified atom stereocenters. The van der Waals surface area contributed by atoms with Crippen LogP contribution in [0.15, 0.2) is 15.0 Å². The van der Waals surface area contributed by atoms with Gasteiger partial charge in [0.2, 0.25) is 4.87 Å². The van der Waals surface area contributed by atoms with Gasteiger partial charge in [0.25, 0.3) is 0 Å². The monoisotopic (exact) mass is 355 g/mol. The Morgan fingerprint density at radius 3 is 2.79 bits per heavy atom. The normalized spacial score (nSPS) is 38.2. The van der Waals surface area contributed by atoms with Crippen molar-refractivity contribution in [3.8, 4) is 0 Å². The van der Waals surface area contributed by atoms with E-state index >= 15 is 0 Å². The van der Waals surface area contributed by atoms with E-state index in [1.165, 1.54) is 29.3 Å². The van der Waals surface area contributed by atoms with E-state index in [1.54, 1.807) is 0 Å². The molecule has 0 aliphatic carbocycles. The molecule has 3 rings (SSSR count). The minimum atomic E-state index is -1.23. The van der Waals surface area contributed by atoms with Crippen LogP contribution in [0.1, 0.15) is 13.8 Å². The molecular formula is C14H21N5O4S. The highest BCUT2D eigenvalue weighted by Gasteiger charge is 2.54. The van der Waals surface area contributed by atoms with Crippen molar-refractivity contribution in [1.29, 1.82) is 5.41 Å². The number of fused-ring (bicyclic) bond motifs is 1. The number of ether oxygens (including phenoxy) is 1. The van der Waals surface area contributed by atoms with Gasteiger partial charge >= 0.3 is 0 Å². The lowest BCUT2D eigenvalue weighted by Gasteiger charge is -2.33. The minimum absolute atomic E-state index is 0.0589. The quantitative estimate of drug-likeness (QED) is 0.514. The first kappa shape index (κ1) is 17.5. The largest absolute Gasteiger partial charge is 0.394 e. The van der Waals surface area contributed by atoms with Gasteiger partial charge in [-0.25, -0.2) is 15.0 Å². The third-order valence-corrected chi connectivity index (χ3v) is 5.75. The molecule has 24 heavy (non-hydrogen) atoms. The van der Waals surface area contributed by atoms with Crippen LogP contribution < -0.4 is 0 Å². The summed E-state index contributed by atoms with van der Waals surface area (Å²) in [5.41, 5.74) is 0. The van der Waals surface area contributed by atoms with Gasteiger partial charge in [0.05, 0.1) is 12.9 Å². The number of amidine groups is 2. The van der Waals surface area contributed by atoms with Crippen molar-refractivity contribution < 1.29 is 20.1 Å². The molecule has 5 atom stereocenters. The second kappa shape index (κ2) is 6.52. The molecule has 10 heteroatoms. The Morgan fingerprint density at radius 2 is 2.17 bits per heavy atom. The fourth-order valence-corrected chi connectivity index (χ4v) is 3.91. The van der Waals surface area contributed by atoms with Gasteiger partial charge in [0.1, 0.15) is 24.7 Å². The fraction of sp³-hybridized carbons (Fsp3) is 0.714. The Labute approximate surface area is 143 Å². The first-order chi connectivity index (χ1) is 11.4. The fourth-order valence-electron chi connectivity index (χ4n) is 2.73. The maximum atomic E-state index is 10.2. The Balaban J connectivity index is 1.88. The summed E-state index contributed by atoms with van der Waals surface area (Å²) in [6, 6.07) is 0. The molecule has 3 aliphatic heterocycles. The van der Waals surface area contributed by atoms with Crippen LogP contribution in [0.25, 0.3) is 0 Å². The zero-order valence-electron chi connectivity index (χ0n) is 13.4. The van der Waals surface area contributed by atoms with Crippen molar-refractivity contribution in [2.24, 2.45) is 20.9 Å². The number of hydrogen-bond donors (Lipinski definition) is 4. The number of aliphatic hydroxyl groups is 3. The molecule has 0 aromatic heterocycles. The van der Waals surface area contributed by atoms with Crippen LogP contribution in [-0.4, -0.2) is 86.3 Å². The van der Waals surface area contributed by atoms with E-state index in [-0.39, 0.29) is 5.84 Å². The number of thioether (sulfide) groups is 1. The smallest absolute Gasteiger partial charge is 0.224 e. The predicted octanol–water partition coefficient (Wildman–Crippen LogP) is -0.728. The average molecular weight is 355 g/mol. The number of hydrogen-bond acceptors (Lipinski definition) is 9.